The van der Waals surface area contributed by atoms with Crippen LogP contribution < -0.4 is 0 Å². The maximum atomic E-state index is 14.2. The summed E-state index contributed by atoms with van der Waals surface area (Å²) in [4.78, 5) is 14.2. The molecule has 3 aromatic rings. The molecule has 1 aliphatic heterocycles. The molecule has 2 aliphatic rings. The third-order valence-electron chi connectivity index (χ3n) is 5.87. The maximum Gasteiger partial charge on any atom is 0.410 e. The average molecular weight is 389 g/mol. The van der Waals surface area contributed by atoms with Crippen molar-refractivity contribution in [2.24, 2.45) is 0 Å². The number of hydrogen-bond donors (Lipinski definition) is 1. The maximum absolute atomic E-state index is 14.2. The first-order chi connectivity index (χ1) is 14.1. The summed E-state index contributed by atoms with van der Waals surface area (Å²) in [6, 6.07) is 19.0. The number of carbonyl (C=O) groups is 1. The topological polar surface area (TPSA) is 49.8 Å². The number of amides is 1. The molecule has 0 saturated carbocycles. The van der Waals surface area contributed by atoms with Crippen LogP contribution in [0.15, 0.2) is 60.7 Å². The zero-order chi connectivity index (χ0) is 20.0. The van der Waals surface area contributed by atoms with Crippen LogP contribution in [0.4, 0.5) is 9.18 Å². The Hall–Kier alpha value is -3.34. The van der Waals surface area contributed by atoms with Gasteiger partial charge in [-0.2, -0.15) is 0 Å². The van der Waals surface area contributed by atoms with E-state index in [2.05, 4.69) is 24.3 Å². The van der Waals surface area contributed by atoms with E-state index in [0.717, 1.165) is 22.8 Å². The number of halogens is 1. The fourth-order valence-electron chi connectivity index (χ4n) is 4.44. The van der Waals surface area contributed by atoms with E-state index in [9.17, 15) is 14.3 Å². The van der Waals surface area contributed by atoms with E-state index in [1.807, 2.05) is 24.3 Å². The Labute approximate surface area is 168 Å². The summed E-state index contributed by atoms with van der Waals surface area (Å²) >= 11 is 0. The van der Waals surface area contributed by atoms with Crippen LogP contribution in [0.5, 0.6) is 5.75 Å². The van der Waals surface area contributed by atoms with Crippen molar-refractivity contribution < 1.29 is 19.0 Å². The predicted octanol–water partition coefficient (Wildman–Crippen LogP) is 4.84. The van der Waals surface area contributed by atoms with Crippen molar-refractivity contribution in [3.63, 3.8) is 0 Å². The molecule has 0 saturated heterocycles. The number of phenolic OH excluding ortho intramolecular Hbond substituents is 1. The van der Waals surface area contributed by atoms with Crippen LogP contribution in [0.2, 0.25) is 0 Å². The lowest BCUT2D eigenvalue weighted by Gasteiger charge is -2.29. The Kier molecular flexibility index (Phi) is 4.23. The van der Waals surface area contributed by atoms with E-state index in [0.29, 0.717) is 18.5 Å². The number of phenols is 1. The van der Waals surface area contributed by atoms with Crippen LogP contribution >= 0.6 is 0 Å². The molecule has 5 rings (SSSR count). The summed E-state index contributed by atoms with van der Waals surface area (Å²) < 4.78 is 19.9. The number of nitrogens with zero attached hydrogens (tertiary/aromatic N) is 1. The van der Waals surface area contributed by atoms with Gasteiger partial charge in [-0.05, 0) is 40.3 Å². The highest BCUT2D eigenvalue weighted by Gasteiger charge is 2.30. The van der Waals surface area contributed by atoms with Gasteiger partial charge in [0.1, 0.15) is 18.2 Å². The SMILES string of the molecule is O=C(OCC1c2ccccc2-c2ccccc21)N1CCc2cc(O)cc(F)c2C1. The second-order valence-corrected chi connectivity index (χ2v) is 7.54. The van der Waals surface area contributed by atoms with Crippen LogP contribution in [-0.2, 0) is 17.7 Å². The molecule has 0 spiro atoms. The first-order valence-corrected chi connectivity index (χ1v) is 9.72. The Morgan fingerprint density at radius 1 is 1.07 bits per heavy atom. The number of carbonyl (C=O) groups excluding carboxylic acids is 1. The van der Waals surface area contributed by atoms with Crippen molar-refractivity contribution in [3.05, 3.63) is 88.7 Å². The van der Waals surface area contributed by atoms with Crippen molar-refractivity contribution in [1.29, 1.82) is 0 Å². The van der Waals surface area contributed by atoms with Crippen molar-refractivity contribution >= 4 is 6.09 Å². The van der Waals surface area contributed by atoms with Crippen LogP contribution in [0, 0.1) is 5.82 Å². The molecule has 146 valence electrons. The molecule has 1 heterocycles. The van der Waals surface area contributed by atoms with Gasteiger partial charge in [0.2, 0.25) is 0 Å². The molecule has 29 heavy (non-hydrogen) atoms. The van der Waals surface area contributed by atoms with Gasteiger partial charge in [-0.15, -0.1) is 0 Å². The smallest absolute Gasteiger partial charge is 0.410 e. The second-order valence-electron chi connectivity index (χ2n) is 7.54. The minimum Gasteiger partial charge on any atom is -0.508 e. The van der Waals surface area contributed by atoms with Crippen molar-refractivity contribution in [3.8, 4) is 16.9 Å². The molecule has 0 unspecified atom stereocenters. The van der Waals surface area contributed by atoms with E-state index in [1.165, 1.54) is 16.0 Å². The molecule has 0 fully saturated rings. The predicted molar refractivity (Wildman–Crippen MR) is 107 cm³/mol. The van der Waals surface area contributed by atoms with Crippen molar-refractivity contribution in [1.82, 2.24) is 4.90 Å². The highest BCUT2D eigenvalue weighted by molar-refractivity contribution is 5.79. The molecular formula is C24H20FNO3. The van der Waals surface area contributed by atoms with Crippen molar-refractivity contribution in [2.45, 2.75) is 18.9 Å². The molecule has 1 aliphatic carbocycles. The highest BCUT2D eigenvalue weighted by Crippen LogP contribution is 2.44. The molecule has 0 bridgehead atoms. The first kappa shape index (κ1) is 17.7. The second kappa shape index (κ2) is 6.92. The summed E-state index contributed by atoms with van der Waals surface area (Å²) in [6.07, 6.45) is 0.0511. The Balaban J connectivity index is 1.33. The Morgan fingerprint density at radius 3 is 2.41 bits per heavy atom. The van der Waals surface area contributed by atoms with Crippen LogP contribution in [-0.4, -0.2) is 29.3 Å². The molecule has 0 atom stereocenters. The summed E-state index contributed by atoms with van der Waals surface area (Å²) in [7, 11) is 0. The normalized spacial score (nSPS) is 14.9. The molecule has 3 aromatic carbocycles. The molecule has 1 amide bonds. The quantitative estimate of drug-likeness (QED) is 0.682. The van der Waals surface area contributed by atoms with Crippen molar-refractivity contribution in [2.75, 3.05) is 13.2 Å². The number of rotatable bonds is 2. The van der Waals surface area contributed by atoms with Gasteiger partial charge in [-0.3, -0.25) is 0 Å². The molecule has 0 aromatic heterocycles. The zero-order valence-corrected chi connectivity index (χ0v) is 15.8. The summed E-state index contributed by atoms with van der Waals surface area (Å²) in [5.74, 6) is -0.580. The molecular weight excluding hydrogens is 369 g/mol. The summed E-state index contributed by atoms with van der Waals surface area (Å²) in [6.45, 7) is 0.832. The third kappa shape index (κ3) is 3.03. The van der Waals surface area contributed by atoms with E-state index >= 15 is 0 Å². The molecule has 5 heteroatoms. The van der Waals surface area contributed by atoms with Gasteiger partial charge in [0, 0.05) is 24.1 Å². The van der Waals surface area contributed by atoms with Gasteiger partial charge in [0.25, 0.3) is 0 Å². The van der Waals surface area contributed by atoms with E-state index in [4.69, 9.17) is 4.74 Å². The standard InChI is InChI=1S/C24H20FNO3/c25-23-12-16(27)11-15-9-10-26(13-21(15)23)24(28)29-14-22-19-7-3-1-5-17(19)18-6-2-4-8-20(18)22/h1-8,11-12,22,27H,9-10,13-14H2. The lowest BCUT2D eigenvalue weighted by Crippen LogP contribution is -2.37. The monoisotopic (exact) mass is 389 g/mol. The molecule has 1 N–H and O–H groups in total. The van der Waals surface area contributed by atoms with Crippen LogP contribution in [0.3, 0.4) is 0 Å². The minimum absolute atomic E-state index is 0.00268. The number of benzene rings is 3. The average Bonchev–Trinajstić information content (AvgIpc) is 3.05. The van der Waals surface area contributed by atoms with E-state index in [-0.39, 0.29) is 24.8 Å². The number of fused-ring (bicyclic) bond motifs is 4. The Bertz CT molecular complexity index is 1070. The van der Waals surface area contributed by atoms with Crippen LogP contribution in [0.25, 0.3) is 11.1 Å². The van der Waals surface area contributed by atoms with E-state index in [1.54, 1.807) is 6.07 Å². The zero-order valence-electron chi connectivity index (χ0n) is 15.8. The van der Waals surface area contributed by atoms with Gasteiger partial charge in [-0.1, -0.05) is 48.5 Å². The van der Waals surface area contributed by atoms with Crippen LogP contribution in [0.1, 0.15) is 28.2 Å². The number of ether oxygens (including phenoxy) is 1. The lowest BCUT2D eigenvalue weighted by molar-refractivity contribution is 0.0948. The minimum atomic E-state index is -0.490. The van der Waals surface area contributed by atoms with Gasteiger partial charge < -0.3 is 14.7 Å². The lowest BCUT2D eigenvalue weighted by atomic mass is 9.98. The fourth-order valence-corrected chi connectivity index (χ4v) is 4.44. The molecule has 4 nitrogen and oxygen atoms in total. The highest BCUT2D eigenvalue weighted by atomic mass is 19.1. The fraction of sp³-hybridized carbons (Fsp3) is 0.208. The summed E-state index contributed by atoms with van der Waals surface area (Å²) in [5.41, 5.74) is 5.86. The van der Waals surface area contributed by atoms with Gasteiger partial charge >= 0.3 is 6.09 Å². The Morgan fingerprint density at radius 2 is 1.72 bits per heavy atom. The largest absolute Gasteiger partial charge is 0.508 e. The number of hydrogen-bond acceptors (Lipinski definition) is 3. The number of aromatic hydroxyl groups is 1. The van der Waals surface area contributed by atoms with Gasteiger partial charge in [-0.25, -0.2) is 9.18 Å². The third-order valence-corrected chi connectivity index (χ3v) is 5.87. The van der Waals surface area contributed by atoms with E-state index < -0.39 is 11.9 Å². The van der Waals surface area contributed by atoms with Gasteiger partial charge in [0.05, 0.1) is 6.54 Å². The summed E-state index contributed by atoms with van der Waals surface area (Å²) in [5, 5.41) is 9.56. The molecule has 0 radical (unpaired) electrons. The first-order valence-electron chi connectivity index (χ1n) is 9.72. The van der Waals surface area contributed by atoms with Gasteiger partial charge in [0.15, 0.2) is 0 Å².